The molecule has 30 N–H and O–H groups in total. The van der Waals surface area contributed by atoms with E-state index >= 15 is 0 Å². The van der Waals surface area contributed by atoms with Crippen molar-refractivity contribution in [3.63, 3.8) is 0 Å². The van der Waals surface area contributed by atoms with Crippen LogP contribution in [0.4, 0.5) is 0 Å². The van der Waals surface area contributed by atoms with Gasteiger partial charge in [-0.1, -0.05) is 0 Å². The van der Waals surface area contributed by atoms with Gasteiger partial charge in [-0.25, -0.2) is 0 Å². The smallest absolute Gasteiger partial charge is 0.870 e. The minimum atomic E-state index is 0. The Morgan fingerprint density at radius 2 is 0.341 bits per heavy atom. The molecule has 0 aliphatic rings. The molecule has 0 fully saturated rings. The molecule has 287 valence electrons. The van der Waals surface area contributed by atoms with Gasteiger partial charge in [0.25, 0.3) is 0 Å². The summed E-state index contributed by atoms with van der Waals surface area (Å²) >= 11 is 0. The van der Waals surface area contributed by atoms with Crippen molar-refractivity contribution < 1.29 is 102 Å². The Hall–Kier alpha value is -3.51. The molecular weight excluding hydrogens is 1020 g/mol. The van der Waals surface area contributed by atoms with Crippen molar-refractivity contribution in [1.29, 1.82) is 0 Å². The summed E-state index contributed by atoms with van der Waals surface area (Å²) in [6, 6.07) is 0. The van der Waals surface area contributed by atoms with Crippen LogP contribution in [0.3, 0.4) is 0 Å². The Balaban J connectivity index is -0.00000000328. The fourth-order valence-electron chi connectivity index (χ4n) is 0. The van der Waals surface area contributed by atoms with Crippen LogP contribution in [-0.4, -0.2) is 21.9 Å². The molecule has 0 heterocycles. The summed E-state index contributed by atoms with van der Waals surface area (Å²) in [6.07, 6.45) is 0. The fourth-order valence-corrected chi connectivity index (χ4v) is 0. The van der Waals surface area contributed by atoms with Crippen LogP contribution in [0, 0.1) is 90.7 Å². The van der Waals surface area contributed by atoms with Crippen molar-refractivity contribution in [2.75, 3.05) is 0 Å². The van der Waals surface area contributed by atoms with E-state index in [2.05, 4.69) is 0 Å². The predicted molar refractivity (Wildman–Crippen MR) is 136 cm³/mol. The minimum absolute atomic E-state index is 0. The van der Waals surface area contributed by atoms with Crippen LogP contribution in [0.25, 0.3) is 0 Å². The number of hydrogen-bond donors (Lipinski definition) is 8. The van der Waals surface area contributed by atoms with Crippen LogP contribution < -0.4 is 60.4 Å². The second-order valence-electron chi connectivity index (χ2n) is 0.596. The normalized spacial score (nSPS) is 2.36. The van der Waals surface area contributed by atoms with E-state index in [0.29, 0.717) is 0 Å². The number of rotatable bonds is 0. The molecule has 44 heteroatoms. The van der Waals surface area contributed by atoms with Gasteiger partial charge in [0.05, 0.1) is 0 Å². The zero-order valence-corrected chi connectivity index (χ0v) is 27.3. The maximum absolute atomic E-state index is 8.00. The van der Waals surface area contributed by atoms with Gasteiger partial charge in [-0.2, -0.15) is 0 Å². The van der Waals surface area contributed by atoms with Crippen molar-refractivity contribution in [2.24, 2.45) is 42.7 Å². The van der Waals surface area contributed by atoms with Gasteiger partial charge in [0, 0.05) is 20.4 Å². The molecule has 0 aromatic heterocycles. The molecule has 40 nitrogen and oxygen atoms in total. The topological polar surface area (TPSA) is 902 Å². The number of nitrogens with zero attached hydrogens (tertiary/aromatic N) is 10. The zero-order valence-electron chi connectivity index (χ0n) is 20.7. The molecule has 0 saturated carbocycles. The number of hydrogen-bond acceptors (Lipinski definition) is 36. The van der Waals surface area contributed by atoms with Gasteiger partial charge >= 0.3 is 59.4 Å². The fraction of sp³-hybridized carbons (Fsp3) is 0. The van der Waals surface area contributed by atoms with Gasteiger partial charge in [-0.3, -0.25) is 0 Å². The minimum Gasteiger partial charge on any atom is -0.870 e. The summed E-state index contributed by atoms with van der Waals surface area (Å²) in [4.78, 5) is 78.5. The summed E-state index contributed by atoms with van der Waals surface area (Å²) in [5.74, 6) is 0. The van der Waals surface area contributed by atoms with Gasteiger partial charge in [0.1, 0.15) is 11.2 Å². The predicted octanol–water partition coefficient (Wildman–Crippen LogP) is 0.394. The van der Waals surface area contributed by atoms with E-state index in [-0.39, 0.29) is 151 Å². The first-order chi connectivity index (χ1) is 13.3. The van der Waals surface area contributed by atoms with Gasteiger partial charge < -0.3 is 152 Å². The SMILES string of the molecule is N.N.N.N.N.N.N.N.O.O.O=N[O-].O=N[O-].O=N[O-].O=N[O-].O=N[O-].O=N[O-].O=N[O-].O=N[O-].[N]=O.[N]=O.[OH-].[OH-].[Pd+2].[Pd].[Ru+3].[Ru+6]. The van der Waals surface area contributed by atoms with Crippen molar-refractivity contribution in [1.82, 2.24) is 60.4 Å². The molecule has 44 heavy (non-hydrogen) atoms. The first-order valence-corrected chi connectivity index (χ1v) is 3.29. The Bertz CT molecular complexity index is 217. The van der Waals surface area contributed by atoms with E-state index in [1.54, 1.807) is 0 Å². The van der Waals surface area contributed by atoms with Gasteiger partial charge in [-0.15, -0.1) is 52.5 Å². The Kier molecular flexibility index (Phi) is 19800. The first-order valence-electron chi connectivity index (χ1n) is 3.29. The third-order valence-corrected chi connectivity index (χ3v) is 0. The van der Waals surface area contributed by atoms with Crippen LogP contribution in [-0.2, 0) is 79.8 Å². The molecule has 0 aliphatic carbocycles. The van der Waals surface area contributed by atoms with E-state index in [4.69, 9.17) is 102 Å². The van der Waals surface area contributed by atoms with Crippen molar-refractivity contribution in [2.45, 2.75) is 0 Å². The molecule has 0 rings (SSSR count). The van der Waals surface area contributed by atoms with Crippen molar-refractivity contribution in [3.8, 4) is 0 Å². The second-order valence-corrected chi connectivity index (χ2v) is 0.596. The molecule has 0 aromatic carbocycles. The van der Waals surface area contributed by atoms with E-state index in [1.165, 1.54) is 0 Å². The molecule has 0 aliphatic heterocycles. The maximum Gasteiger partial charge on any atom is 6.00 e. The summed E-state index contributed by atoms with van der Waals surface area (Å²) in [5, 5.41) is 72.0. The summed E-state index contributed by atoms with van der Waals surface area (Å²) in [7, 11) is 0. The molecule has 0 aromatic rings. The first kappa shape index (κ1) is 301. The zero-order chi connectivity index (χ0) is 25.7. The van der Waals surface area contributed by atoms with Crippen molar-refractivity contribution in [3.05, 3.63) is 90.7 Å². The largest absolute Gasteiger partial charge is 6.00 e. The van der Waals surface area contributed by atoms with Crippen molar-refractivity contribution >= 4 is 0 Å². The van der Waals surface area contributed by atoms with Crippen LogP contribution >= 0.6 is 0 Å². The van der Waals surface area contributed by atoms with E-state index in [9.17, 15) is 0 Å². The monoisotopic (exact) mass is 1050 g/mol. The van der Waals surface area contributed by atoms with E-state index in [0.717, 1.165) is 42.7 Å². The number of nitroso groups, excluding NO2 is 2. The molecule has 0 amide bonds. The maximum atomic E-state index is 8.00. The molecule has 0 atom stereocenters. The summed E-state index contributed by atoms with van der Waals surface area (Å²) < 4.78 is 0. The summed E-state index contributed by atoms with van der Waals surface area (Å²) in [6.45, 7) is 0. The van der Waals surface area contributed by atoms with E-state index in [1.807, 2.05) is 0 Å². The Labute approximate surface area is 294 Å². The Morgan fingerprint density at radius 1 is 0.341 bits per heavy atom. The molecule has 0 saturated heterocycles. The average molecular weight is 1050 g/mol. The van der Waals surface area contributed by atoms with Gasteiger partial charge in [0.15, 0.2) is 0 Å². The van der Waals surface area contributed by atoms with E-state index < -0.39 is 0 Å². The standard InChI is InChI=1S/8HNO2.2NO.8H3N.4H2O.2Pd.2Ru/c8*2-1-3;2*1-2;;;;;;;;;;;;;;;;/h8*(H,2,3);;;8*1H3;4*1H2;;;;/q;;;;;;;;;;;;;;;;;;;;;;;+2;+3;+6/p-10. The Morgan fingerprint density at radius 3 is 0.341 bits per heavy atom. The molecule has 3 radical (unpaired) electrons. The van der Waals surface area contributed by atoms with Crippen LogP contribution in [0.2, 0.25) is 0 Å². The molecular formula is H30N18O22Pd2Ru2+. The quantitative estimate of drug-likeness (QED) is 0.0924. The van der Waals surface area contributed by atoms with Gasteiger partial charge in [0.2, 0.25) is 0 Å². The van der Waals surface area contributed by atoms with Crippen LogP contribution in [0.5, 0.6) is 0 Å². The molecule has 0 bridgehead atoms. The third-order valence-electron chi connectivity index (χ3n) is 0. The van der Waals surface area contributed by atoms with Crippen LogP contribution in [0.15, 0.2) is 42.7 Å². The second kappa shape index (κ2) is 2900. The average Bonchev–Trinajstić information content (AvgIpc) is 2.63. The van der Waals surface area contributed by atoms with Gasteiger partial charge in [-0.05, 0) is 0 Å². The molecule has 0 spiro atoms. The third kappa shape index (κ3) is 4400. The molecule has 0 unspecified atom stereocenters. The van der Waals surface area contributed by atoms with Crippen LogP contribution in [0.1, 0.15) is 0 Å². The summed E-state index contributed by atoms with van der Waals surface area (Å²) in [5.41, 5.74) is 11.5.